The van der Waals surface area contributed by atoms with Crippen LogP contribution in [0.1, 0.15) is 48.4 Å². The van der Waals surface area contributed by atoms with Gasteiger partial charge >= 0.3 is 0 Å². The van der Waals surface area contributed by atoms with Crippen molar-refractivity contribution in [2.24, 2.45) is 0 Å². The molecular formula is C32H34N4O3. The highest BCUT2D eigenvalue weighted by molar-refractivity contribution is 6.09. The van der Waals surface area contributed by atoms with E-state index in [9.17, 15) is 9.59 Å². The monoisotopic (exact) mass is 522 g/mol. The van der Waals surface area contributed by atoms with E-state index in [4.69, 9.17) is 4.74 Å². The van der Waals surface area contributed by atoms with E-state index in [-0.39, 0.29) is 17.6 Å². The maximum atomic E-state index is 13.9. The number of benzene rings is 2. The number of aromatic nitrogens is 1. The van der Waals surface area contributed by atoms with E-state index in [1.165, 1.54) is 0 Å². The van der Waals surface area contributed by atoms with Crippen LogP contribution in [-0.2, 0) is 9.59 Å². The smallest absolute Gasteiger partial charge is 0.255 e. The molecule has 2 N–H and O–H groups in total. The number of ketones is 1. The minimum atomic E-state index is -0.480. The number of allylic oxidation sites excluding steroid dienone is 3. The quantitative estimate of drug-likeness (QED) is 0.447. The van der Waals surface area contributed by atoms with E-state index in [2.05, 4.69) is 15.6 Å². The van der Waals surface area contributed by atoms with Gasteiger partial charge < -0.3 is 20.3 Å². The van der Waals surface area contributed by atoms with Crippen molar-refractivity contribution >= 4 is 23.2 Å². The Labute approximate surface area is 229 Å². The maximum absolute atomic E-state index is 13.9. The highest BCUT2D eigenvalue weighted by Gasteiger charge is 2.41. The first kappa shape index (κ1) is 26.2. The highest BCUT2D eigenvalue weighted by atomic mass is 16.5. The summed E-state index contributed by atoms with van der Waals surface area (Å²) in [7, 11) is 5.62. The van der Waals surface area contributed by atoms with Gasteiger partial charge in [-0.25, -0.2) is 4.98 Å². The van der Waals surface area contributed by atoms with Gasteiger partial charge in [-0.3, -0.25) is 9.59 Å². The molecule has 2 unspecified atom stereocenters. The number of nitrogens with one attached hydrogen (secondary N) is 2. The summed E-state index contributed by atoms with van der Waals surface area (Å²) in [6.07, 6.45) is 1.07. The van der Waals surface area contributed by atoms with Gasteiger partial charge in [0.2, 0.25) is 0 Å². The zero-order valence-corrected chi connectivity index (χ0v) is 23.0. The summed E-state index contributed by atoms with van der Waals surface area (Å²) >= 11 is 0. The lowest BCUT2D eigenvalue weighted by atomic mass is 9.71. The zero-order chi connectivity index (χ0) is 27.7. The van der Waals surface area contributed by atoms with Crippen molar-refractivity contribution in [3.05, 3.63) is 106 Å². The fraction of sp³-hybridized carbons (Fsp3) is 0.281. The van der Waals surface area contributed by atoms with Gasteiger partial charge in [0.25, 0.3) is 5.91 Å². The van der Waals surface area contributed by atoms with Crippen molar-refractivity contribution in [3.63, 3.8) is 0 Å². The Morgan fingerprint density at radius 1 is 0.974 bits per heavy atom. The second kappa shape index (κ2) is 10.8. The molecule has 2 aromatic carbocycles. The fourth-order valence-electron chi connectivity index (χ4n) is 5.55. The van der Waals surface area contributed by atoms with Crippen LogP contribution in [0, 0.1) is 6.92 Å². The molecule has 0 spiro atoms. The largest absolute Gasteiger partial charge is 0.497 e. The molecule has 2 aliphatic rings. The summed E-state index contributed by atoms with van der Waals surface area (Å²) in [6, 6.07) is 21.5. The van der Waals surface area contributed by atoms with E-state index in [1.54, 1.807) is 13.2 Å². The molecule has 7 heteroatoms. The Morgan fingerprint density at radius 3 is 2.31 bits per heavy atom. The molecule has 0 saturated carbocycles. The van der Waals surface area contributed by atoms with Crippen molar-refractivity contribution in [2.45, 2.75) is 38.5 Å². The van der Waals surface area contributed by atoms with Crippen LogP contribution in [-0.4, -0.2) is 37.9 Å². The SMILES string of the molecule is COc1ccc(C2CC(=O)C3=C(C2)NC(C)=C(C(=O)Nc2cccc(C)n2)C3c2ccc(N(C)C)cc2)cc1. The normalized spacial score (nSPS) is 18.8. The molecule has 0 saturated heterocycles. The first-order valence-electron chi connectivity index (χ1n) is 13.2. The predicted octanol–water partition coefficient (Wildman–Crippen LogP) is 5.46. The van der Waals surface area contributed by atoms with Gasteiger partial charge in [-0.2, -0.15) is 0 Å². The number of nitrogens with zero attached hydrogens (tertiary/aromatic N) is 2. The van der Waals surface area contributed by atoms with Gasteiger partial charge in [0.15, 0.2) is 5.78 Å². The second-order valence-electron chi connectivity index (χ2n) is 10.4. The number of carbonyl (C=O) groups excluding carboxylic acids is 2. The molecule has 0 radical (unpaired) electrons. The van der Waals surface area contributed by atoms with Gasteiger partial charge in [-0.05, 0) is 73.7 Å². The number of aryl methyl sites for hydroxylation is 1. The molecule has 2 atom stereocenters. The third-order valence-electron chi connectivity index (χ3n) is 7.53. The Balaban J connectivity index is 1.54. The molecule has 39 heavy (non-hydrogen) atoms. The Morgan fingerprint density at radius 2 is 1.67 bits per heavy atom. The van der Waals surface area contributed by atoms with Gasteiger partial charge in [-0.1, -0.05) is 30.3 Å². The van der Waals surface area contributed by atoms with Crippen LogP contribution in [0.15, 0.2) is 89.3 Å². The van der Waals surface area contributed by atoms with Gasteiger partial charge in [0, 0.05) is 60.4 Å². The zero-order valence-electron chi connectivity index (χ0n) is 23.0. The maximum Gasteiger partial charge on any atom is 0.255 e. The predicted molar refractivity (Wildman–Crippen MR) is 154 cm³/mol. The van der Waals surface area contributed by atoms with Crippen molar-refractivity contribution in [2.75, 3.05) is 31.4 Å². The van der Waals surface area contributed by atoms with Crippen LogP contribution in [0.2, 0.25) is 0 Å². The van der Waals surface area contributed by atoms with E-state index in [0.717, 1.165) is 39.7 Å². The first-order valence-corrected chi connectivity index (χ1v) is 13.2. The molecule has 200 valence electrons. The van der Waals surface area contributed by atoms with Crippen LogP contribution in [0.5, 0.6) is 5.75 Å². The van der Waals surface area contributed by atoms with E-state index in [1.807, 2.05) is 93.5 Å². The Kier molecular flexibility index (Phi) is 7.24. The second-order valence-corrected chi connectivity index (χ2v) is 10.4. The molecule has 3 aromatic rings. The number of amides is 1. The molecule has 1 aliphatic heterocycles. The first-order chi connectivity index (χ1) is 18.7. The van der Waals surface area contributed by atoms with Crippen molar-refractivity contribution in [1.82, 2.24) is 10.3 Å². The van der Waals surface area contributed by atoms with Crippen LogP contribution in [0.3, 0.4) is 0 Å². The number of pyridine rings is 1. The third kappa shape index (κ3) is 5.30. The lowest BCUT2D eigenvalue weighted by Gasteiger charge is -2.37. The summed E-state index contributed by atoms with van der Waals surface area (Å²) < 4.78 is 5.31. The van der Waals surface area contributed by atoms with Crippen molar-refractivity contribution < 1.29 is 14.3 Å². The molecule has 1 amide bonds. The van der Waals surface area contributed by atoms with Crippen molar-refractivity contribution in [3.8, 4) is 5.75 Å². The number of rotatable bonds is 6. The molecule has 7 nitrogen and oxygen atoms in total. The van der Waals surface area contributed by atoms with Gasteiger partial charge in [0.1, 0.15) is 11.6 Å². The minimum Gasteiger partial charge on any atom is -0.497 e. The van der Waals surface area contributed by atoms with E-state index in [0.29, 0.717) is 29.8 Å². The number of anilines is 2. The Hall–Kier alpha value is -4.39. The standard InChI is InChI=1S/C32H34N4O3/c1-19-7-6-8-28(33-19)35-32(38)29-20(2)34-26-17-23(21-11-15-25(39-5)16-12-21)18-27(37)31(26)30(29)22-9-13-24(14-10-22)36(3)4/h6-16,23,30,34H,17-18H2,1-5H3,(H,33,35,38). The lowest BCUT2D eigenvalue weighted by Crippen LogP contribution is -2.37. The van der Waals surface area contributed by atoms with Crippen LogP contribution < -0.4 is 20.3 Å². The van der Waals surface area contributed by atoms with E-state index < -0.39 is 5.92 Å². The number of methoxy groups -OCH3 is 1. The fourth-order valence-corrected chi connectivity index (χ4v) is 5.55. The summed E-state index contributed by atoms with van der Waals surface area (Å²) in [6.45, 7) is 3.79. The summed E-state index contributed by atoms with van der Waals surface area (Å²) in [5.74, 6) is 0.624. The topological polar surface area (TPSA) is 83.6 Å². The summed E-state index contributed by atoms with van der Waals surface area (Å²) in [4.78, 5) is 34.1. The lowest BCUT2D eigenvalue weighted by molar-refractivity contribution is -0.116. The minimum absolute atomic E-state index is 0.0473. The molecular weight excluding hydrogens is 488 g/mol. The number of carbonyl (C=O) groups is 2. The van der Waals surface area contributed by atoms with Gasteiger partial charge in [0.05, 0.1) is 7.11 Å². The highest BCUT2D eigenvalue weighted by Crippen LogP contribution is 2.46. The average molecular weight is 523 g/mol. The van der Waals surface area contributed by atoms with Crippen molar-refractivity contribution in [1.29, 1.82) is 0 Å². The number of ether oxygens (including phenoxy) is 1. The van der Waals surface area contributed by atoms with E-state index >= 15 is 0 Å². The van der Waals surface area contributed by atoms with Gasteiger partial charge in [-0.15, -0.1) is 0 Å². The van der Waals surface area contributed by atoms with Crippen LogP contribution in [0.4, 0.5) is 11.5 Å². The molecule has 1 aromatic heterocycles. The number of Topliss-reactive ketones (excluding diaryl/α,β-unsaturated/α-hetero) is 1. The number of dihydropyridines is 1. The number of hydrogen-bond acceptors (Lipinski definition) is 6. The molecule has 0 bridgehead atoms. The summed E-state index contributed by atoms with van der Waals surface area (Å²) in [5, 5.41) is 6.42. The Bertz CT molecular complexity index is 1470. The average Bonchev–Trinajstić information content (AvgIpc) is 2.92. The molecule has 1 aliphatic carbocycles. The van der Waals surface area contributed by atoms with Crippen LogP contribution in [0.25, 0.3) is 0 Å². The molecule has 2 heterocycles. The molecule has 0 fully saturated rings. The summed E-state index contributed by atoms with van der Waals surface area (Å²) in [5.41, 5.74) is 6.70. The molecule has 5 rings (SSSR count). The number of hydrogen-bond donors (Lipinski definition) is 2. The van der Waals surface area contributed by atoms with Crippen LogP contribution >= 0.6 is 0 Å². The third-order valence-corrected chi connectivity index (χ3v) is 7.53.